The molecule has 2 aliphatic heterocycles. The number of rotatable bonds is 7. The van der Waals surface area contributed by atoms with Crippen molar-refractivity contribution in [2.24, 2.45) is 11.0 Å². The second kappa shape index (κ2) is 11.1. The van der Waals surface area contributed by atoms with Gasteiger partial charge in [-0.1, -0.05) is 72.3 Å². The average molecular weight is 482 g/mol. The van der Waals surface area contributed by atoms with Crippen LogP contribution < -0.4 is 4.74 Å². The normalized spacial score (nSPS) is 18.8. The summed E-state index contributed by atoms with van der Waals surface area (Å²) in [7, 11) is 1.67. The minimum absolute atomic E-state index is 0.0620. The fraction of sp³-hybridized carbons (Fsp3) is 0.355. The Balaban J connectivity index is 1.29. The molecular formula is C31H35N3O2. The third kappa shape index (κ3) is 5.68. The summed E-state index contributed by atoms with van der Waals surface area (Å²) >= 11 is 0. The number of benzene rings is 3. The number of carbonyl (C=O) groups excluding carboxylic acids is 1. The van der Waals surface area contributed by atoms with Gasteiger partial charge < -0.3 is 4.74 Å². The van der Waals surface area contributed by atoms with Crippen LogP contribution in [0.1, 0.15) is 47.6 Å². The molecule has 0 radical (unpaired) electrons. The number of piperidine rings is 1. The summed E-state index contributed by atoms with van der Waals surface area (Å²) in [6.45, 7) is 4.40. The zero-order valence-corrected chi connectivity index (χ0v) is 21.3. The first-order valence-corrected chi connectivity index (χ1v) is 13.0. The second-order valence-corrected chi connectivity index (χ2v) is 10.1. The molecule has 36 heavy (non-hydrogen) atoms. The number of carbonyl (C=O) groups is 1. The van der Waals surface area contributed by atoms with Crippen molar-refractivity contribution in [2.45, 2.75) is 38.6 Å². The molecule has 1 saturated heterocycles. The highest BCUT2D eigenvalue weighted by molar-refractivity contribution is 6.03. The first kappa shape index (κ1) is 24.3. The van der Waals surface area contributed by atoms with Crippen LogP contribution in [0.15, 0.2) is 84.0 Å². The highest BCUT2D eigenvalue weighted by Crippen LogP contribution is 2.34. The van der Waals surface area contributed by atoms with Crippen LogP contribution in [0.4, 0.5) is 0 Å². The Morgan fingerprint density at radius 3 is 2.50 bits per heavy atom. The molecule has 2 heterocycles. The molecule has 5 rings (SSSR count). The molecule has 0 spiro atoms. The van der Waals surface area contributed by atoms with Crippen molar-refractivity contribution in [1.29, 1.82) is 0 Å². The van der Waals surface area contributed by atoms with E-state index in [1.165, 1.54) is 11.1 Å². The number of ether oxygens (including phenoxy) is 1. The number of hydrogen-bond acceptors (Lipinski definition) is 4. The first-order valence-electron chi connectivity index (χ1n) is 13.0. The molecular weight excluding hydrogens is 446 g/mol. The third-order valence-corrected chi connectivity index (χ3v) is 7.43. The maximum absolute atomic E-state index is 13.6. The molecule has 0 aliphatic carbocycles. The van der Waals surface area contributed by atoms with Gasteiger partial charge in [0.05, 0.1) is 25.4 Å². The summed E-state index contributed by atoms with van der Waals surface area (Å²) in [5.41, 5.74) is 5.69. The summed E-state index contributed by atoms with van der Waals surface area (Å²) < 4.78 is 5.46. The molecule has 0 saturated carbocycles. The molecule has 3 aromatic carbocycles. The number of nitrogens with zero attached hydrogens (tertiary/aromatic N) is 3. The quantitative estimate of drug-likeness (QED) is 0.439. The van der Waals surface area contributed by atoms with Gasteiger partial charge >= 0.3 is 0 Å². The molecule has 186 valence electrons. The van der Waals surface area contributed by atoms with Crippen LogP contribution in [-0.2, 0) is 11.2 Å². The van der Waals surface area contributed by atoms with Gasteiger partial charge in [-0.2, -0.15) is 5.10 Å². The summed E-state index contributed by atoms with van der Waals surface area (Å²) in [5.74, 6) is 1.54. The number of amides is 1. The standard InChI is InChI=1S/C31H35N3O2/c1-23-8-6-11-26(18-23)29-21-30(27-12-7-13-28(20-27)36-2)34(32-29)31(35)22-33-16-14-25(15-17-33)19-24-9-4-3-5-10-24/h3-13,18,20,25,30H,14-17,19,21-22H2,1-2H3. The summed E-state index contributed by atoms with van der Waals surface area (Å²) in [5, 5.41) is 6.61. The minimum atomic E-state index is -0.126. The molecule has 1 fully saturated rings. The lowest BCUT2D eigenvalue weighted by Crippen LogP contribution is -2.42. The maximum atomic E-state index is 13.6. The zero-order valence-electron chi connectivity index (χ0n) is 21.3. The number of likely N-dealkylation sites (tertiary alicyclic amines) is 1. The van der Waals surface area contributed by atoms with Gasteiger partial charge in [-0.05, 0) is 74.0 Å². The van der Waals surface area contributed by atoms with Crippen LogP contribution >= 0.6 is 0 Å². The molecule has 3 aromatic rings. The predicted octanol–water partition coefficient (Wildman–Crippen LogP) is 5.64. The van der Waals surface area contributed by atoms with E-state index in [1.807, 2.05) is 18.2 Å². The highest BCUT2D eigenvalue weighted by Gasteiger charge is 2.34. The highest BCUT2D eigenvalue weighted by atomic mass is 16.5. The Morgan fingerprint density at radius 2 is 1.75 bits per heavy atom. The lowest BCUT2D eigenvalue weighted by atomic mass is 9.90. The lowest BCUT2D eigenvalue weighted by molar-refractivity contribution is -0.134. The molecule has 5 heteroatoms. The van der Waals surface area contributed by atoms with E-state index in [0.29, 0.717) is 18.9 Å². The van der Waals surface area contributed by atoms with Gasteiger partial charge in [0, 0.05) is 6.42 Å². The van der Waals surface area contributed by atoms with E-state index < -0.39 is 0 Å². The molecule has 1 amide bonds. The fourth-order valence-electron chi connectivity index (χ4n) is 5.41. The van der Waals surface area contributed by atoms with E-state index in [2.05, 4.69) is 72.5 Å². The lowest BCUT2D eigenvalue weighted by Gasteiger charge is -2.33. The maximum Gasteiger partial charge on any atom is 0.257 e. The van der Waals surface area contributed by atoms with E-state index in [4.69, 9.17) is 9.84 Å². The molecule has 0 bridgehead atoms. The van der Waals surface area contributed by atoms with Gasteiger partial charge in [-0.25, -0.2) is 5.01 Å². The molecule has 2 aliphatic rings. The van der Waals surface area contributed by atoms with Crippen LogP contribution in [0, 0.1) is 12.8 Å². The van der Waals surface area contributed by atoms with E-state index in [1.54, 1.807) is 12.1 Å². The van der Waals surface area contributed by atoms with Gasteiger partial charge in [0.25, 0.3) is 5.91 Å². The first-order chi connectivity index (χ1) is 17.6. The van der Waals surface area contributed by atoms with Gasteiger partial charge in [0.1, 0.15) is 5.75 Å². The smallest absolute Gasteiger partial charge is 0.257 e. The number of hydrazone groups is 1. The van der Waals surface area contributed by atoms with Crippen LogP contribution in [0.5, 0.6) is 5.75 Å². The predicted molar refractivity (Wildman–Crippen MR) is 144 cm³/mol. The van der Waals surface area contributed by atoms with Crippen molar-refractivity contribution in [3.63, 3.8) is 0 Å². The van der Waals surface area contributed by atoms with Crippen molar-refractivity contribution < 1.29 is 9.53 Å². The Hall–Kier alpha value is -3.44. The van der Waals surface area contributed by atoms with Crippen molar-refractivity contribution in [1.82, 2.24) is 9.91 Å². The Morgan fingerprint density at radius 1 is 0.972 bits per heavy atom. The molecule has 5 nitrogen and oxygen atoms in total. The van der Waals surface area contributed by atoms with Gasteiger partial charge in [0.15, 0.2) is 0 Å². The average Bonchev–Trinajstić information content (AvgIpc) is 3.36. The Bertz CT molecular complexity index is 1220. The Labute approximate surface area is 214 Å². The monoisotopic (exact) mass is 481 g/mol. The van der Waals surface area contributed by atoms with Crippen molar-refractivity contribution in [3.05, 3.63) is 101 Å². The van der Waals surface area contributed by atoms with Crippen molar-refractivity contribution in [3.8, 4) is 5.75 Å². The summed E-state index contributed by atoms with van der Waals surface area (Å²) in [6, 6.07) is 27.0. The number of hydrogen-bond donors (Lipinski definition) is 0. The topological polar surface area (TPSA) is 45.1 Å². The number of methoxy groups -OCH3 is 1. The molecule has 1 atom stereocenters. The van der Waals surface area contributed by atoms with Crippen LogP contribution in [-0.4, -0.2) is 48.3 Å². The van der Waals surface area contributed by atoms with E-state index >= 15 is 0 Å². The van der Waals surface area contributed by atoms with E-state index in [-0.39, 0.29) is 11.9 Å². The molecule has 1 unspecified atom stereocenters. The minimum Gasteiger partial charge on any atom is -0.497 e. The van der Waals surface area contributed by atoms with E-state index in [9.17, 15) is 4.79 Å². The van der Waals surface area contributed by atoms with Gasteiger partial charge in [0.2, 0.25) is 0 Å². The van der Waals surface area contributed by atoms with Crippen LogP contribution in [0.3, 0.4) is 0 Å². The summed E-state index contributed by atoms with van der Waals surface area (Å²) in [6.07, 6.45) is 4.07. The third-order valence-electron chi connectivity index (χ3n) is 7.43. The van der Waals surface area contributed by atoms with Crippen LogP contribution in [0.25, 0.3) is 0 Å². The van der Waals surface area contributed by atoms with Crippen molar-refractivity contribution >= 4 is 11.6 Å². The zero-order chi connectivity index (χ0) is 24.9. The largest absolute Gasteiger partial charge is 0.497 e. The number of aryl methyl sites for hydroxylation is 1. The fourth-order valence-corrected chi connectivity index (χ4v) is 5.41. The summed E-state index contributed by atoms with van der Waals surface area (Å²) in [4.78, 5) is 15.9. The van der Waals surface area contributed by atoms with Gasteiger partial charge in [-0.15, -0.1) is 0 Å². The van der Waals surface area contributed by atoms with Crippen molar-refractivity contribution in [2.75, 3.05) is 26.7 Å². The van der Waals surface area contributed by atoms with Gasteiger partial charge in [-0.3, -0.25) is 9.69 Å². The second-order valence-electron chi connectivity index (χ2n) is 10.1. The molecule has 0 aromatic heterocycles. The SMILES string of the molecule is COc1cccc(C2CC(c3cccc(C)c3)=NN2C(=O)CN2CCC(Cc3ccccc3)CC2)c1. The van der Waals surface area contributed by atoms with Crippen LogP contribution in [0.2, 0.25) is 0 Å². The Kier molecular flexibility index (Phi) is 7.47. The van der Waals surface area contributed by atoms with E-state index in [0.717, 1.165) is 54.9 Å². The molecule has 0 N–H and O–H groups in total.